The fourth-order valence-electron chi connectivity index (χ4n) is 3.98. The summed E-state index contributed by atoms with van der Waals surface area (Å²) in [4.78, 5) is 14.9. The molecule has 0 spiro atoms. The van der Waals surface area contributed by atoms with E-state index in [1.54, 1.807) is 0 Å². The van der Waals surface area contributed by atoms with E-state index in [0.29, 0.717) is 13.2 Å². The Morgan fingerprint density at radius 2 is 1.84 bits per heavy atom. The number of benzene rings is 2. The van der Waals surface area contributed by atoms with Crippen LogP contribution in [-0.2, 0) is 17.9 Å². The van der Waals surface area contributed by atoms with E-state index in [1.807, 2.05) is 34.8 Å². The molecule has 3 aromatic rings. The highest BCUT2D eigenvalue weighted by Gasteiger charge is 2.18. The van der Waals surface area contributed by atoms with Crippen LogP contribution in [0.2, 0.25) is 0 Å². The van der Waals surface area contributed by atoms with Gasteiger partial charge < -0.3 is 15.0 Å². The Labute approximate surface area is 192 Å². The summed E-state index contributed by atoms with van der Waals surface area (Å²) in [6, 6.07) is 16.5. The van der Waals surface area contributed by atoms with Crippen molar-refractivity contribution in [2.24, 2.45) is 0 Å². The molecule has 1 fully saturated rings. The van der Waals surface area contributed by atoms with Gasteiger partial charge in [-0.25, -0.2) is 4.31 Å². The first-order chi connectivity index (χ1) is 15.5. The highest BCUT2D eigenvalue weighted by atomic mass is 32.2. The van der Waals surface area contributed by atoms with Crippen LogP contribution in [0, 0.1) is 0 Å². The van der Waals surface area contributed by atoms with Gasteiger partial charge in [-0.15, -0.1) is 0 Å². The molecule has 1 N–H and O–H groups in total. The Balaban J connectivity index is 1.29. The number of carbonyl (C=O) groups is 1. The summed E-state index contributed by atoms with van der Waals surface area (Å²) in [5, 5.41) is 7.65. The minimum absolute atomic E-state index is 0.0934. The van der Waals surface area contributed by atoms with Crippen molar-refractivity contribution in [3.63, 3.8) is 0 Å². The normalized spacial score (nSPS) is 16.6. The molecule has 2 aliphatic heterocycles. The summed E-state index contributed by atoms with van der Waals surface area (Å²) < 4.78 is 10.5. The number of nitrogens with zero attached hydrogens (tertiary/aromatic N) is 4. The molecule has 0 radical (unpaired) electrons. The predicted molar refractivity (Wildman–Crippen MR) is 127 cm³/mol. The van der Waals surface area contributed by atoms with Crippen molar-refractivity contribution in [3.8, 4) is 17.0 Å². The Morgan fingerprint density at radius 1 is 1.06 bits per heavy atom. The lowest BCUT2D eigenvalue weighted by Gasteiger charge is -2.31. The van der Waals surface area contributed by atoms with Crippen molar-refractivity contribution in [2.45, 2.75) is 25.0 Å². The number of piperazine rings is 1. The topological polar surface area (TPSA) is 62.6 Å². The van der Waals surface area contributed by atoms with Crippen LogP contribution in [-0.4, -0.2) is 58.1 Å². The number of aromatic nitrogens is 2. The van der Waals surface area contributed by atoms with Gasteiger partial charge >= 0.3 is 0 Å². The van der Waals surface area contributed by atoms with Crippen molar-refractivity contribution in [1.29, 1.82) is 0 Å². The van der Waals surface area contributed by atoms with Crippen molar-refractivity contribution in [2.75, 3.05) is 38.5 Å². The molecular formula is C24H27N5O2S. The highest BCUT2D eigenvalue weighted by molar-refractivity contribution is 7.97. The van der Waals surface area contributed by atoms with Crippen molar-refractivity contribution < 1.29 is 9.53 Å². The summed E-state index contributed by atoms with van der Waals surface area (Å²) in [6.45, 7) is 7.00. The molecule has 0 saturated carbocycles. The lowest BCUT2D eigenvalue weighted by atomic mass is 10.1. The maximum atomic E-state index is 11.3. The molecule has 166 valence electrons. The molecule has 0 aliphatic carbocycles. The summed E-state index contributed by atoms with van der Waals surface area (Å²) in [6.07, 6.45) is 0. The maximum Gasteiger partial charge on any atom is 0.221 e. The van der Waals surface area contributed by atoms with E-state index in [1.165, 1.54) is 11.8 Å². The number of fused-ring (bicyclic) bond motifs is 2. The Hall–Kier alpha value is -2.81. The van der Waals surface area contributed by atoms with Gasteiger partial charge in [-0.1, -0.05) is 18.2 Å². The molecule has 1 amide bonds. The molecule has 1 saturated heterocycles. The van der Waals surface area contributed by atoms with Crippen LogP contribution in [0.4, 0.5) is 5.69 Å². The molecule has 0 bridgehead atoms. The Kier molecular flexibility index (Phi) is 5.91. The Bertz CT molecular complexity index is 1120. The lowest BCUT2D eigenvalue weighted by Crippen LogP contribution is -2.40. The predicted octanol–water partition coefficient (Wildman–Crippen LogP) is 3.70. The van der Waals surface area contributed by atoms with E-state index in [4.69, 9.17) is 9.84 Å². The van der Waals surface area contributed by atoms with E-state index in [2.05, 4.69) is 51.9 Å². The van der Waals surface area contributed by atoms with Crippen LogP contribution >= 0.6 is 11.9 Å². The number of amides is 1. The van der Waals surface area contributed by atoms with Gasteiger partial charge in [0.15, 0.2) is 0 Å². The van der Waals surface area contributed by atoms with Gasteiger partial charge in [0.25, 0.3) is 0 Å². The number of rotatable bonds is 4. The quantitative estimate of drug-likeness (QED) is 0.613. The fraction of sp³-hybridized carbons (Fsp3) is 0.333. The van der Waals surface area contributed by atoms with Crippen molar-refractivity contribution in [3.05, 3.63) is 59.8 Å². The van der Waals surface area contributed by atoms with Crippen LogP contribution < -0.4 is 10.1 Å². The summed E-state index contributed by atoms with van der Waals surface area (Å²) in [5.74, 6) is 0.692. The number of hydrogen-bond acceptors (Lipinski definition) is 6. The van der Waals surface area contributed by atoms with Gasteiger partial charge in [-0.2, -0.15) is 5.10 Å². The van der Waals surface area contributed by atoms with Crippen LogP contribution in [0.25, 0.3) is 11.3 Å². The summed E-state index contributed by atoms with van der Waals surface area (Å²) in [5.41, 5.74) is 4.89. The van der Waals surface area contributed by atoms with Gasteiger partial charge in [0, 0.05) is 60.9 Å². The molecule has 2 aromatic carbocycles. The number of ether oxygens (including phenoxy) is 1. The smallest absolute Gasteiger partial charge is 0.221 e. The van der Waals surface area contributed by atoms with Gasteiger partial charge in [0.2, 0.25) is 5.91 Å². The zero-order valence-corrected chi connectivity index (χ0v) is 19.2. The first-order valence-electron chi connectivity index (χ1n) is 10.9. The second-order valence-electron chi connectivity index (χ2n) is 8.32. The van der Waals surface area contributed by atoms with Gasteiger partial charge in [-0.05, 0) is 43.3 Å². The third-order valence-electron chi connectivity index (χ3n) is 5.79. The van der Waals surface area contributed by atoms with Crippen molar-refractivity contribution >= 4 is 23.5 Å². The van der Waals surface area contributed by atoms with E-state index in [9.17, 15) is 4.79 Å². The van der Waals surface area contributed by atoms with Gasteiger partial charge in [0.05, 0.1) is 17.9 Å². The SMILES string of the molecule is CC(=O)Nc1ccc2c(c1)OCc1cc(-c3ccc(SN4CCN(C)CC4)cc3)nn1C2. The minimum Gasteiger partial charge on any atom is -0.487 e. The number of carbonyl (C=O) groups excluding carboxylic acids is 1. The second kappa shape index (κ2) is 8.97. The van der Waals surface area contributed by atoms with E-state index < -0.39 is 0 Å². The Morgan fingerprint density at radius 3 is 2.59 bits per heavy atom. The largest absolute Gasteiger partial charge is 0.487 e. The molecule has 8 heteroatoms. The maximum absolute atomic E-state index is 11.3. The highest BCUT2D eigenvalue weighted by Crippen LogP contribution is 2.31. The molecule has 2 aliphatic rings. The van der Waals surface area contributed by atoms with Crippen molar-refractivity contribution in [1.82, 2.24) is 19.0 Å². The number of hydrogen-bond donors (Lipinski definition) is 1. The number of anilines is 1. The molecular weight excluding hydrogens is 422 g/mol. The number of likely N-dealkylation sites (N-methyl/N-ethyl adjacent to an activating group) is 1. The van der Waals surface area contributed by atoms with Gasteiger partial charge in [-0.3, -0.25) is 9.48 Å². The van der Waals surface area contributed by atoms with Gasteiger partial charge in [0.1, 0.15) is 12.4 Å². The van der Waals surface area contributed by atoms with E-state index in [0.717, 1.165) is 60.1 Å². The fourth-order valence-corrected chi connectivity index (χ4v) is 4.88. The van der Waals surface area contributed by atoms with Crippen LogP contribution in [0.15, 0.2) is 53.4 Å². The number of nitrogens with one attached hydrogen (secondary N) is 1. The monoisotopic (exact) mass is 449 g/mol. The first kappa shape index (κ1) is 21.1. The molecule has 3 heterocycles. The average Bonchev–Trinajstić information content (AvgIpc) is 3.10. The lowest BCUT2D eigenvalue weighted by molar-refractivity contribution is -0.114. The summed E-state index contributed by atoms with van der Waals surface area (Å²) in [7, 11) is 2.18. The molecule has 1 aromatic heterocycles. The minimum atomic E-state index is -0.0934. The second-order valence-corrected chi connectivity index (χ2v) is 9.49. The van der Waals surface area contributed by atoms with E-state index >= 15 is 0 Å². The van der Waals surface area contributed by atoms with Crippen LogP contribution in [0.3, 0.4) is 0 Å². The molecule has 0 atom stereocenters. The standard InChI is InChI=1S/C24H27N5O2S/c1-17(30)25-20-6-3-19-15-29-21(16-31-24(19)13-20)14-23(26-29)18-4-7-22(8-5-18)32-28-11-9-27(2)10-12-28/h3-8,13-14H,9-12,15-16H2,1-2H3,(H,25,30). The zero-order valence-electron chi connectivity index (χ0n) is 18.4. The van der Waals surface area contributed by atoms with Crippen LogP contribution in [0.5, 0.6) is 5.75 Å². The average molecular weight is 450 g/mol. The third kappa shape index (κ3) is 4.67. The first-order valence-corrected chi connectivity index (χ1v) is 11.6. The summed E-state index contributed by atoms with van der Waals surface area (Å²) >= 11 is 1.83. The third-order valence-corrected chi connectivity index (χ3v) is 6.90. The molecule has 32 heavy (non-hydrogen) atoms. The van der Waals surface area contributed by atoms with Crippen LogP contribution in [0.1, 0.15) is 18.2 Å². The van der Waals surface area contributed by atoms with E-state index in [-0.39, 0.29) is 5.91 Å². The molecule has 0 unspecified atom stereocenters. The molecule has 5 rings (SSSR count). The molecule has 7 nitrogen and oxygen atoms in total. The zero-order chi connectivity index (χ0) is 22.1.